The summed E-state index contributed by atoms with van der Waals surface area (Å²) in [4.78, 5) is 19.3. The van der Waals surface area contributed by atoms with Crippen molar-refractivity contribution in [3.8, 4) is 0 Å². The molecule has 0 saturated carbocycles. The number of carboxylic acids is 1. The van der Waals surface area contributed by atoms with Crippen LogP contribution in [0.5, 0.6) is 0 Å². The van der Waals surface area contributed by atoms with Crippen molar-refractivity contribution in [2.24, 2.45) is 0 Å². The maximum atomic E-state index is 12.3. The van der Waals surface area contributed by atoms with Crippen molar-refractivity contribution < 1.29 is 18.3 Å². The molecule has 0 fully saturated rings. The van der Waals surface area contributed by atoms with Crippen LogP contribution in [0, 0.1) is 0 Å². The molecule has 0 spiro atoms. The molecule has 2 aromatic rings. The van der Waals surface area contributed by atoms with E-state index in [0.717, 1.165) is 17.3 Å². The molecule has 7 nitrogen and oxygen atoms in total. The minimum absolute atomic E-state index is 0.0512. The average molecular weight is 355 g/mol. The van der Waals surface area contributed by atoms with Gasteiger partial charge in [0.2, 0.25) is 10.0 Å². The maximum Gasteiger partial charge on any atom is 0.338 e. The van der Waals surface area contributed by atoms with Crippen molar-refractivity contribution in [1.82, 2.24) is 14.7 Å². The number of carbonyl (C=O) groups is 1. The number of nitrogens with one attached hydrogen (secondary N) is 1. The second-order valence-electron chi connectivity index (χ2n) is 5.89. The number of sulfonamides is 1. The molecule has 9 heteroatoms. The highest BCUT2D eigenvalue weighted by Crippen LogP contribution is 2.31. The first-order chi connectivity index (χ1) is 10.6. The zero-order valence-corrected chi connectivity index (χ0v) is 14.5. The summed E-state index contributed by atoms with van der Waals surface area (Å²) in [6.07, 6.45) is 2.28. The Morgan fingerprint density at radius 1 is 1.26 bits per heavy atom. The molecule has 124 valence electrons. The molecule has 0 unspecified atom stereocenters. The van der Waals surface area contributed by atoms with Gasteiger partial charge in [0.05, 0.1) is 12.1 Å². The number of hydrogen-bond acceptors (Lipinski definition) is 6. The number of aromatic nitrogens is 2. The fraction of sp³-hybridized carbons (Fsp3) is 0.357. The number of thiophene rings is 1. The molecular formula is C14H17N3O4S2. The van der Waals surface area contributed by atoms with E-state index in [0.29, 0.717) is 0 Å². The van der Waals surface area contributed by atoms with Gasteiger partial charge in [-0.2, -0.15) is 0 Å². The van der Waals surface area contributed by atoms with Crippen LogP contribution in [0.25, 0.3) is 0 Å². The number of carboxylic acid groups (broad SMARTS) is 1. The number of hydrogen-bond donors (Lipinski definition) is 2. The van der Waals surface area contributed by atoms with Crippen LogP contribution in [0.1, 0.15) is 41.8 Å². The fourth-order valence-electron chi connectivity index (χ4n) is 1.65. The van der Waals surface area contributed by atoms with Gasteiger partial charge < -0.3 is 5.11 Å². The van der Waals surface area contributed by atoms with E-state index >= 15 is 0 Å². The van der Waals surface area contributed by atoms with Crippen LogP contribution in [-0.2, 0) is 22.0 Å². The predicted molar refractivity (Wildman–Crippen MR) is 86.0 cm³/mol. The standard InChI is InChI=1S/C14H17N3O4S2/c1-14(2,3)10-4-5-12(22-10)23(20,21)17-8-11-15-6-9(7-16-11)13(18)19/h4-7,17H,8H2,1-3H3,(H,18,19). The zero-order chi connectivity index (χ0) is 17.3. The minimum Gasteiger partial charge on any atom is -0.478 e. The van der Waals surface area contributed by atoms with E-state index in [-0.39, 0.29) is 27.6 Å². The van der Waals surface area contributed by atoms with Crippen LogP contribution in [0.2, 0.25) is 0 Å². The Morgan fingerprint density at radius 2 is 1.87 bits per heavy atom. The molecule has 2 N–H and O–H groups in total. The lowest BCUT2D eigenvalue weighted by atomic mass is 9.95. The second kappa shape index (κ2) is 6.34. The molecular weight excluding hydrogens is 338 g/mol. The topological polar surface area (TPSA) is 109 Å². The molecule has 0 saturated heterocycles. The number of rotatable bonds is 5. The van der Waals surface area contributed by atoms with Crippen molar-refractivity contribution in [3.05, 3.63) is 40.8 Å². The maximum absolute atomic E-state index is 12.3. The third-order valence-corrected chi connectivity index (χ3v) is 6.36. The Labute approximate surface area is 138 Å². The Kier molecular flexibility index (Phi) is 4.83. The number of aromatic carboxylic acids is 1. The Morgan fingerprint density at radius 3 is 2.35 bits per heavy atom. The third-order valence-electron chi connectivity index (χ3n) is 2.96. The molecule has 0 aliphatic heterocycles. The van der Waals surface area contributed by atoms with E-state index in [1.54, 1.807) is 12.1 Å². The van der Waals surface area contributed by atoms with E-state index in [9.17, 15) is 13.2 Å². The van der Waals surface area contributed by atoms with Crippen LogP contribution in [0.15, 0.2) is 28.7 Å². The molecule has 0 aromatic carbocycles. The SMILES string of the molecule is CC(C)(C)c1ccc(S(=O)(=O)NCc2ncc(C(=O)O)cn2)s1. The molecule has 2 rings (SSSR count). The summed E-state index contributed by atoms with van der Waals surface area (Å²) in [5.74, 6) is -0.934. The first kappa shape index (κ1) is 17.5. The van der Waals surface area contributed by atoms with Crippen LogP contribution < -0.4 is 4.72 Å². The van der Waals surface area contributed by atoms with Gasteiger partial charge in [0.25, 0.3) is 0 Å². The quantitative estimate of drug-likeness (QED) is 0.849. The second-order valence-corrected chi connectivity index (χ2v) is 8.96. The zero-order valence-electron chi connectivity index (χ0n) is 12.9. The first-order valence-electron chi connectivity index (χ1n) is 6.74. The lowest BCUT2D eigenvalue weighted by molar-refractivity contribution is 0.0696. The fourth-order valence-corrected chi connectivity index (χ4v) is 4.04. The van der Waals surface area contributed by atoms with Crippen LogP contribution in [-0.4, -0.2) is 29.5 Å². The van der Waals surface area contributed by atoms with Crippen LogP contribution >= 0.6 is 11.3 Å². The van der Waals surface area contributed by atoms with E-state index in [4.69, 9.17) is 5.11 Å². The van der Waals surface area contributed by atoms with Gasteiger partial charge in [0, 0.05) is 17.3 Å². The highest BCUT2D eigenvalue weighted by atomic mass is 32.2. The van der Waals surface area contributed by atoms with Crippen LogP contribution in [0.4, 0.5) is 0 Å². The Bertz CT molecular complexity index is 805. The first-order valence-corrected chi connectivity index (χ1v) is 9.04. The van der Waals surface area contributed by atoms with E-state index < -0.39 is 16.0 Å². The summed E-state index contributed by atoms with van der Waals surface area (Å²) in [6.45, 7) is 5.94. The van der Waals surface area contributed by atoms with Gasteiger partial charge in [-0.05, 0) is 17.5 Å². The summed E-state index contributed by atoms with van der Waals surface area (Å²) in [7, 11) is -3.65. The molecule has 0 bridgehead atoms. The van der Waals surface area contributed by atoms with Gasteiger partial charge in [0.15, 0.2) is 0 Å². The van der Waals surface area contributed by atoms with E-state index in [1.807, 2.05) is 20.8 Å². The monoisotopic (exact) mass is 355 g/mol. The van der Waals surface area contributed by atoms with E-state index in [2.05, 4.69) is 14.7 Å². The number of nitrogens with zero attached hydrogens (tertiary/aromatic N) is 2. The third kappa shape index (κ3) is 4.34. The molecule has 0 amide bonds. The summed E-state index contributed by atoms with van der Waals surface area (Å²) >= 11 is 1.22. The molecule has 0 radical (unpaired) electrons. The average Bonchev–Trinajstić information content (AvgIpc) is 2.96. The molecule has 2 aromatic heterocycles. The molecule has 2 heterocycles. The lowest BCUT2D eigenvalue weighted by Crippen LogP contribution is -2.23. The Hall–Kier alpha value is -1.84. The van der Waals surface area contributed by atoms with Gasteiger partial charge in [-0.15, -0.1) is 11.3 Å². The van der Waals surface area contributed by atoms with E-state index in [1.165, 1.54) is 11.3 Å². The molecule has 0 aliphatic carbocycles. The highest BCUT2D eigenvalue weighted by molar-refractivity contribution is 7.91. The van der Waals surface area contributed by atoms with Crippen molar-refractivity contribution in [2.75, 3.05) is 0 Å². The largest absolute Gasteiger partial charge is 0.478 e. The summed E-state index contributed by atoms with van der Waals surface area (Å²) in [6, 6.07) is 3.37. The van der Waals surface area contributed by atoms with Gasteiger partial charge in [0.1, 0.15) is 10.0 Å². The van der Waals surface area contributed by atoms with Gasteiger partial charge in [-0.1, -0.05) is 20.8 Å². The van der Waals surface area contributed by atoms with Gasteiger partial charge in [-0.25, -0.2) is 27.9 Å². The van der Waals surface area contributed by atoms with Crippen molar-refractivity contribution in [3.63, 3.8) is 0 Å². The summed E-state index contributed by atoms with van der Waals surface area (Å²) in [5, 5.41) is 8.76. The van der Waals surface area contributed by atoms with Crippen molar-refractivity contribution >= 4 is 27.3 Å². The minimum atomic E-state index is -3.65. The smallest absolute Gasteiger partial charge is 0.338 e. The highest BCUT2D eigenvalue weighted by Gasteiger charge is 2.22. The molecule has 0 atom stereocenters. The summed E-state index contributed by atoms with van der Waals surface area (Å²) < 4.78 is 27.2. The van der Waals surface area contributed by atoms with Gasteiger partial charge >= 0.3 is 5.97 Å². The Balaban J connectivity index is 2.09. The predicted octanol–water partition coefficient (Wildman–Crippen LogP) is 2.01. The van der Waals surface area contributed by atoms with Crippen LogP contribution in [0.3, 0.4) is 0 Å². The summed E-state index contributed by atoms with van der Waals surface area (Å²) in [5.41, 5.74) is -0.168. The lowest BCUT2D eigenvalue weighted by Gasteiger charge is -2.15. The van der Waals surface area contributed by atoms with Crippen molar-refractivity contribution in [2.45, 2.75) is 36.9 Å². The van der Waals surface area contributed by atoms with Crippen molar-refractivity contribution in [1.29, 1.82) is 0 Å². The normalized spacial score (nSPS) is 12.3. The molecule has 0 aliphatic rings. The van der Waals surface area contributed by atoms with Gasteiger partial charge in [-0.3, -0.25) is 0 Å². The molecule has 23 heavy (non-hydrogen) atoms.